The second-order valence-corrected chi connectivity index (χ2v) is 5.71. The number of nitriles is 1. The molecule has 0 radical (unpaired) electrons. The Bertz CT molecular complexity index is 542. The maximum atomic E-state index is 11.8. The average molecular weight is 254 g/mol. The second kappa shape index (κ2) is 4.70. The van der Waals surface area contributed by atoms with E-state index in [1.807, 2.05) is 18.2 Å². The van der Waals surface area contributed by atoms with Crippen LogP contribution >= 0.6 is 0 Å². The Hall–Kier alpha value is -1.82. The lowest BCUT2D eigenvalue weighted by Gasteiger charge is -2.47. The number of Topliss-reactive ketones (excluding diaryl/α,β-unsaturated/α-hetero) is 1. The molecule has 2 atom stereocenters. The molecule has 2 unspecified atom stereocenters. The summed E-state index contributed by atoms with van der Waals surface area (Å²) in [6.45, 7) is 2.09. The van der Waals surface area contributed by atoms with Crippen LogP contribution in [0.5, 0.6) is 0 Å². The van der Waals surface area contributed by atoms with Crippen LogP contribution in [0, 0.1) is 18.3 Å². The van der Waals surface area contributed by atoms with E-state index >= 15 is 0 Å². The van der Waals surface area contributed by atoms with Gasteiger partial charge in [0.1, 0.15) is 5.78 Å². The van der Waals surface area contributed by atoms with E-state index in [-0.39, 0.29) is 0 Å². The van der Waals surface area contributed by atoms with Gasteiger partial charge in [-0.1, -0.05) is 6.07 Å². The van der Waals surface area contributed by atoms with Crippen molar-refractivity contribution in [2.75, 3.05) is 4.90 Å². The van der Waals surface area contributed by atoms with E-state index in [4.69, 9.17) is 5.26 Å². The molecule has 0 amide bonds. The lowest BCUT2D eigenvalue weighted by atomic mass is 9.83. The van der Waals surface area contributed by atoms with E-state index in [1.54, 1.807) is 0 Å². The third kappa shape index (κ3) is 2.12. The summed E-state index contributed by atoms with van der Waals surface area (Å²) < 4.78 is 0. The summed E-state index contributed by atoms with van der Waals surface area (Å²) in [6.07, 6.45) is 4.76. The molecule has 0 spiro atoms. The minimum absolute atomic E-state index is 0.340. The van der Waals surface area contributed by atoms with E-state index in [0.717, 1.165) is 18.5 Å². The molecule has 2 saturated heterocycles. The number of rotatable bonds is 1. The summed E-state index contributed by atoms with van der Waals surface area (Å²) in [4.78, 5) is 14.2. The molecule has 2 fully saturated rings. The highest BCUT2D eigenvalue weighted by Gasteiger charge is 2.38. The number of carbonyl (C=O) groups is 1. The molecule has 0 aromatic heterocycles. The molecule has 0 aliphatic carbocycles. The molecule has 19 heavy (non-hydrogen) atoms. The van der Waals surface area contributed by atoms with Crippen LogP contribution in [0.25, 0.3) is 0 Å². The third-order valence-corrected chi connectivity index (χ3v) is 4.40. The Kier molecular flexibility index (Phi) is 3.02. The molecule has 3 heteroatoms. The first-order valence-corrected chi connectivity index (χ1v) is 7.00. The zero-order valence-corrected chi connectivity index (χ0v) is 11.2. The van der Waals surface area contributed by atoms with Gasteiger partial charge in [0.15, 0.2) is 0 Å². The second-order valence-electron chi connectivity index (χ2n) is 5.71. The molecule has 1 aromatic carbocycles. The summed E-state index contributed by atoms with van der Waals surface area (Å²) in [5.74, 6) is 0.403. The van der Waals surface area contributed by atoms with Crippen LogP contribution in [0.15, 0.2) is 18.2 Å². The van der Waals surface area contributed by atoms with Crippen molar-refractivity contribution in [3.8, 4) is 6.07 Å². The third-order valence-electron chi connectivity index (χ3n) is 4.40. The van der Waals surface area contributed by atoms with Crippen molar-refractivity contribution in [3.63, 3.8) is 0 Å². The van der Waals surface area contributed by atoms with Crippen molar-refractivity contribution in [1.29, 1.82) is 5.26 Å². The van der Waals surface area contributed by atoms with Gasteiger partial charge in [0.2, 0.25) is 0 Å². The molecule has 2 aliphatic rings. The van der Waals surface area contributed by atoms with Gasteiger partial charge in [-0.15, -0.1) is 0 Å². The maximum Gasteiger partial charge on any atom is 0.137 e. The molecule has 2 aliphatic heterocycles. The smallest absolute Gasteiger partial charge is 0.137 e. The largest absolute Gasteiger partial charge is 0.364 e. The summed E-state index contributed by atoms with van der Waals surface area (Å²) in [5.41, 5.74) is 3.06. The zero-order chi connectivity index (χ0) is 13.4. The number of hydrogen-bond acceptors (Lipinski definition) is 3. The number of hydrogen-bond donors (Lipinski definition) is 0. The van der Waals surface area contributed by atoms with Crippen molar-refractivity contribution >= 4 is 11.5 Å². The summed E-state index contributed by atoms with van der Waals surface area (Å²) in [5, 5.41) is 9.07. The summed E-state index contributed by atoms with van der Waals surface area (Å²) >= 11 is 0. The number of ketones is 1. The number of fused-ring (bicyclic) bond motifs is 2. The van der Waals surface area contributed by atoms with Crippen LogP contribution in [0.1, 0.15) is 43.2 Å². The Morgan fingerprint density at radius 1 is 1.26 bits per heavy atom. The van der Waals surface area contributed by atoms with Gasteiger partial charge in [-0.05, 0) is 43.9 Å². The monoisotopic (exact) mass is 254 g/mol. The predicted octanol–water partition coefficient (Wildman–Crippen LogP) is 2.96. The van der Waals surface area contributed by atoms with Gasteiger partial charge in [-0.25, -0.2) is 0 Å². The average Bonchev–Trinajstić information content (AvgIpc) is 2.39. The van der Waals surface area contributed by atoms with Crippen molar-refractivity contribution < 1.29 is 4.79 Å². The molecule has 98 valence electrons. The summed E-state index contributed by atoms with van der Waals surface area (Å²) in [7, 11) is 0. The number of anilines is 1. The van der Waals surface area contributed by atoms with E-state index in [2.05, 4.69) is 17.9 Å². The van der Waals surface area contributed by atoms with E-state index in [9.17, 15) is 4.79 Å². The van der Waals surface area contributed by atoms with Crippen molar-refractivity contribution in [1.82, 2.24) is 0 Å². The quantitative estimate of drug-likeness (QED) is 0.774. The number of benzene rings is 1. The van der Waals surface area contributed by atoms with Crippen LogP contribution in [-0.4, -0.2) is 17.9 Å². The van der Waals surface area contributed by atoms with E-state index in [0.29, 0.717) is 36.3 Å². The maximum absolute atomic E-state index is 11.8. The first kappa shape index (κ1) is 12.2. The van der Waals surface area contributed by atoms with Crippen LogP contribution in [0.2, 0.25) is 0 Å². The molecule has 2 heterocycles. The van der Waals surface area contributed by atoms with Crippen LogP contribution in [0.4, 0.5) is 5.69 Å². The number of nitrogens with zero attached hydrogens (tertiary/aromatic N) is 2. The molecular formula is C16H18N2O. The number of aryl methyl sites for hydroxylation is 1. The first-order valence-electron chi connectivity index (χ1n) is 7.00. The van der Waals surface area contributed by atoms with Gasteiger partial charge >= 0.3 is 0 Å². The molecule has 1 aromatic rings. The van der Waals surface area contributed by atoms with Crippen molar-refractivity contribution in [2.24, 2.45) is 0 Å². The fraction of sp³-hybridized carbons (Fsp3) is 0.500. The molecule has 0 saturated carbocycles. The minimum atomic E-state index is 0.340. The number of carbonyl (C=O) groups excluding carboxylic acids is 1. The molecule has 3 rings (SSSR count). The van der Waals surface area contributed by atoms with Crippen LogP contribution < -0.4 is 4.90 Å². The van der Waals surface area contributed by atoms with E-state index < -0.39 is 0 Å². The van der Waals surface area contributed by atoms with Gasteiger partial charge < -0.3 is 4.90 Å². The van der Waals surface area contributed by atoms with Crippen LogP contribution in [0.3, 0.4) is 0 Å². The van der Waals surface area contributed by atoms with Gasteiger partial charge in [-0.2, -0.15) is 5.26 Å². The van der Waals surface area contributed by atoms with Gasteiger partial charge in [0.05, 0.1) is 11.6 Å². The fourth-order valence-electron chi connectivity index (χ4n) is 3.53. The fourth-order valence-corrected chi connectivity index (χ4v) is 3.53. The topological polar surface area (TPSA) is 44.1 Å². The van der Waals surface area contributed by atoms with Gasteiger partial charge in [-0.3, -0.25) is 4.79 Å². The van der Waals surface area contributed by atoms with Crippen LogP contribution in [-0.2, 0) is 4.79 Å². The predicted molar refractivity (Wildman–Crippen MR) is 74.0 cm³/mol. The Morgan fingerprint density at radius 3 is 2.58 bits per heavy atom. The standard InChI is InChI=1S/C16H18N2O/c1-11-5-6-12(10-17)7-16(11)18-13-3-2-4-14(18)9-15(19)8-13/h5-7,13-14H,2-4,8-9H2,1H3. The zero-order valence-electron chi connectivity index (χ0n) is 11.2. The Morgan fingerprint density at radius 2 is 1.95 bits per heavy atom. The molecule has 0 N–H and O–H groups in total. The highest BCUT2D eigenvalue weighted by molar-refractivity contribution is 5.83. The molecule has 2 bridgehead atoms. The normalized spacial score (nSPS) is 26.1. The van der Waals surface area contributed by atoms with Gasteiger partial charge in [0, 0.05) is 30.6 Å². The van der Waals surface area contributed by atoms with E-state index in [1.165, 1.54) is 12.0 Å². The first-order chi connectivity index (χ1) is 9.19. The summed E-state index contributed by atoms with van der Waals surface area (Å²) in [6, 6.07) is 8.76. The SMILES string of the molecule is Cc1ccc(C#N)cc1N1C2CCCC1CC(=O)C2. The minimum Gasteiger partial charge on any atom is -0.364 e. The Balaban J connectivity index is 2.01. The molecule has 3 nitrogen and oxygen atoms in total. The van der Waals surface area contributed by atoms with Crippen molar-refractivity contribution in [3.05, 3.63) is 29.3 Å². The van der Waals surface area contributed by atoms with Gasteiger partial charge in [0.25, 0.3) is 0 Å². The number of piperidine rings is 2. The molecular weight excluding hydrogens is 236 g/mol. The van der Waals surface area contributed by atoms with Crippen molar-refractivity contribution in [2.45, 2.75) is 51.1 Å². The lowest BCUT2D eigenvalue weighted by Crippen LogP contribution is -2.52. The highest BCUT2D eigenvalue weighted by Crippen LogP contribution is 2.38. The lowest BCUT2D eigenvalue weighted by molar-refractivity contribution is -0.121. The highest BCUT2D eigenvalue weighted by atomic mass is 16.1. The Labute approximate surface area is 113 Å².